The molecule has 0 aliphatic heterocycles. The number of rotatable bonds is 0. The second kappa shape index (κ2) is 6.64. The molecule has 0 unspecified atom stereocenters. The maximum Gasteiger partial charge on any atom is 0.0587 e. The molecule has 2 heteroatoms. The van der Waals surface area contributed by atoms with Crippen LogP contribution in [0.1, 0.15) is 6.92 Å². The molecule has 2 nitrogen and oxygen atoms in total. The van der Waals surface area contributed by atoms with Crippen LogP contribution in [0, 0.1) is 11.3 Å². The van der Waals surface area contributed by atoms with Crippen molar-refractivity contribution in [1.29, 1.82) is 5.26 Å². The van der Waals surface area contributed by atoms with Crippen molar-refractivity contribution in [1.82, 2.24) is 4.98 Å². The molecule has 0 aromatic carbocycles. The Balaban J connectivity index is 0.000000187. The van der Waals surface area contributed by atoms with Gasteiger partial charge in [0.15, 0.2) is 0 Å². The number of hydrogen-bond acceptors (Lipinski definition) is 2. The van der Waals surface area contributed by atoms with Crippen molar-refractivity contribution < 1.29 is 0 Å². The van der Waals surface area contributed by atoms with E-state index in [9.17, 15) is 0 Å². The smallest absolute Gasteiger partial charge is 0.0587 e. The maximum absolute atomic E-state index is 7.32. The highest BCUT2D eigenvalue weighted by molar-refractivity contribution is 4.88. The standard InChI is InChI=1S/C5H5N.C2H3N/c1-2-4-6-5-3-1;1-2-3/h1-5H;1H3. The van der Waals surface area contributed by atoms with Crippen molar-refractivity contribution in [3.05, 3.63) is 30.6 Å². The van der Waals surface area contributed by atoms with Gasteiger partial charge in [-0.05, 0) is 12.1 Å². The third-order valence-electron chi connectivity index (χ3n) is 0.566. The number of nitrogens with zero attached hydrogens (tertiary/aromatic N) is 2. The van der Waals surface area contributed by atoms with Gasteiger partial charge in [-0.25, -0.2) is 0 Å². The molecule has 0 spiro atoms. The SMILES string of the molecule is CC#N.c1ccncc1. The number of hydrogen-bond donors (Lipinski definition) is 0. The minimum atomic E-state index is 1.43. The fourth-order valence-electron chi connectivity index (χ4n) is 0.313. The van der Waals surface area contributed by atoms with Crippen LogP contribution in [-0.4, -0.2) is 4.98 Å². The first-order valence-corrected chi connectivity index (χ1v) is 2.57. The van der Waals surface area contributed by atoms with Gasteiger partial charge in [-0.15, -0.1) is 0 Å². The van der Waals surface area contributed by atoms with Crippen molar-refractivity contribution >= 4 is 0 Å². The summed E-state index contributed by atoms with van der Waals surface area (Å²) >= 11 is 0. The lowest BCUT2D eigenvalue weighted by molar-refractivity contribution is 1.33. The Kier molecular flexibility index (Phi) is 5.64. The van der Waals surface area contributed by atoms with Crippen LogP contribution in [0.2, 0.25) is 0 Å². The molecular formula is C7H8N2. The Morgan fingerprint density at radius 1 is 1.22 bits per heavy atom. The average Bonchev–Trinajstić information content (AvgIpc) is 1.93. The topological polar surface area (TPSA) is 36.7 Å². The first kappa shape index (κ1) is 7.64. The van der Waals surface area contributed by atoms with Crippen LogP contribution in [0.5, 0.6) is 0 Å². The number of pyridine rings is 1. The lowest BCUT2D eigenvalue weighted by Crippen LogP contribution is -1.58. The maximum atomic E-state index is 7.32. The normalized spacial score (nSPS) is 6.22. The van der Waals surface area contributed by atoms with Crippen molar-refractivity contribution in [3.8, 4) is 6.07 Å². The summed E-state index contributed by atoms with van der Waals surface area (Å²) < 4.78 is 0. The molecule has 0 bridgehead atoms. The van der Waals surface area contributed by atoms with Crippen molar-refractivity contribution in [2.45, 2.75) is 6.92 Å². The summed E-state index contributed by atoms with van der Waals surface area (Å²) in [5.41, 5.74) is 0. The lowest BCUT2D eigenvalue weighted by atomic mass is 10.5. The van der Waals surface area contributed by atoms with E-state index in [-0.39, 0.29) is 0 Å². The minimum absolute atomic E-state index is 1.43. The molecule has 0 atom stereocenters. The lowest BCUT2D eigenvalue weighted by Gasteiger charge is -1.70. The van der Waals surface area contributed by atoms with Crippen LogP contribution < -0.4 is 0 Å². The highest BCUT2D eigenvalue weighted by Gasteiger charge is 1.58. The molecule has 0 amide bonds. The van der Waals surface area contributed by atoms with Crippen molar-refractivity contribution in [3.63, 3.8) is 0 Å². The summed E-state index contributed by atoms with van der Waals surface area (Å²) in [6.07, 6.45) is 3.50. The summed E-state index contributed by atoms with van der Waals surface area (Å²) in [6, 6.07) is 7.47. The molecule has 0 N–H and O–H groups in total. The molecule has 0 aliphatic carbocycles. The van der Waals surface area contributed by atoms with E-state index in [1.807, 2.05) is 18.2 Å². The van der Waals surface area contributed by atoms with Crippen LogP contribution >= 0.6 is 0 Å². The molecule has 1 heterocycles. The van der Waals surface area contributed by atoms with Crippen LogP contribution in [0.25, 0.3) is 0 Å². The van der Waals surface area contributed by atoms with Crippen LogP contribution in [-0.2, 0) is 0 Å². The Bertz CT molecular complexity index is 137. The molecule has 0 fully saturated rings. The monoisotopic (exact) mass is 120 g/mol. The Labute approximate surface area is 54.8 Å². The quantitative estimate of drug-likeness (QED) is 0.521. The molecular weight excluding hydrogens is 112 g/mol. The molecule has 0 radical (unpaired) electrons. The first-order chi connectivity index (χ1) is 4.41. The summed E-state index contributed by atoms with van der Waals surface area (Å²) in [7, 11) is 0. The highest BCUT2D eigenvalue weighted by Crippen LogP contribution is 1.73. The summed E-state index contributed by atoms with van der Waals surface area (Å²) in [4.78, 5) is 3.78. The largest absolute Gasteiger partial charge is 0.265 e. The predicted molar refractivity (Wildman–Crippen MR) is 35.5 cm³/mol. The van der Waals surface area contributed by atoms with E-state index in [4.69, 9.17) is 5.26 Å². The summed E-state index contributed by atoms with van der Waals surface area (Å²) in [5, 5.41) is 7.32. The third kappa shape index (κ3) is 6.64. The zero-order valence-corrected chi connectivity index (χ0v) is 5.28. The molecule has 1 aromatic rings. The van der Waals surface area contributed by atoms with Gasteiger partial charge in [0.25, 0.3) is 0 Å². The zero-order chi connectivity index (χ0) is 6.95. The Morgan fingerprint density at radius 2 is 1.67 bits per heavy atom. The van der Waals surface area contributed by atoms with Gasteiger partial charge in [0, 0.05) is 19.3 Å². The van der Waals surface area contributed by atoms with Gasteiger partial charge in [0.2, 0.25) is 0 Å². The van der Waals surface area contributed by atoms with E-state index in [2.05, 4.69) is 4.98 Å². The van der Waals surface area contributed by atoms with Crippen molar-refractivity contribution in [2.24, 2.45) is 0 Å². The molecule has 0 aliphatic rings. The second-order valence-corrected chi connectivity index (χ2v) is 1.25. The molecule has 46 valence electrons. The van der Waals surface area contributed by atoms with Gasteiger partial charge >= 0.3 is 0 Å². The van der Waals surface area contributed by atoms with Gasteiger partial charge in [-0.1, -0.05) is 6.07 Å². The molecule has 0 saturated carbocycles. The third-order valence-corrected chi connectivity index (χ3v) is 0.566. The average molecular weight is 120 g/mol. The van der Waals surface area contributed by atoms with E-state index in [1.54, 1.807) is 18.5 Å². The summed E-state index contributed by atoms with van der Waals surface area (Å²) in [6.45, 7) is 1.43. The van der Waals surface area contributed by atoms with Crippen molar-refractivity contribution in [2.75, 3.05) is 0 Å². The van der Waals surface area contributed by atoms with Crippen LogP contribution in [0.15, 0.2) is 30.6 Å². The number of aromatic nitrogens is 1. The molecule has 1 aromatic heterocycles. The van der Waals surface area contributed by atoms with E-state index in [0.717, 1.165) is 0 Å². The Hall–Kier alpha value is -1.36. The first-order valence-electron chi connectivity index (χ1n) is 2.57. The predicted octanol–water partition coefficient (Wildman–Crippen LogP) is 1.61. The van der Waals surface area contributed by atoms with Crippen LogP contribution in [0.3, 0.4) is 0 Å². The Morgan fingerprint density at radius 3 is 1.78 bits per heavy atom. The van der Waals surface area contributed by atoms with Gasteiger partial charge in [0.1, 0.15) is 0 Å². The van der Waals surface area contributed by atoms with E-state index in [1.165, 1.54) is 6.92 Å². The number of nitriles is 1. The van der Waals surface area contributed by atoms with E-state index in [0.29, 0.717) is 0 Å². The van der Waals surface area contributed by atoms with Gasteiger partial charge in [0.05, 0.1) is 6.07 Å². The molecule has 1 rings (SSSR count). The molecule has 9 heavy (non-hydrogen) atoms. The fourth-order valence-corrected chi connectivity index (χ4v) is 0.313. The van der Waals surface area contributed by atoms with Crippen LogP contribution in [0.4, 0.5) is 0 Å². The van der Waals surface area contributed by atoms with Gasteiger partial charge < -0.3 is 0 Å². The van der Waals surface area contributed by atoms with Gasteiger partial charge in [-0.3, -0.25) is 4.98 Å². The minimum Gasteiger partial charge on any atom is -0.265 e. The zero-order valence-electron chi connectivity index (χ0n) is 5.28. The fraction of sp³-hybridized carbons (Fsp3) is 0.143. The highest BCUT2D eigenvalue weighted by atomic mass is 14.6. The van der Waals surface area contributed by atoms with E-state index < -0.39 is 0 Å². The summed E-state index contributed by atoms with van der Waals surface area (Å²) in [5.74, 6) is 0. The second-order valence-electron chi connectivity index (χ2n) is 1.25. The van der Waals surface area contributed by atoms with Gasteiger partial charge in [-0.2, -0.15) is 5.26 Å². The molecule has 0 saturated heterocycles. The van der Waals surface area contributed by atoms with E-state index >= 15 is 0 Å².